The molecule has 96 valence electrons. The summed E-state index contributed by atoms with van der Waals surface area (Å²) in [5.41, 5.74) is 2.13. The fourth-order valence-electron chi connectivity index (χ4n) is 2.35. The zero-order valence-electron chi connectivity index (χ0n) is 10.5. The number of anilines is 1. The van der Waals surface area contributed by atoms with Crippen molar-refractivity contribution in [1.82, 2.24) is 4.90 Å². The van der Waals surface area contributed by atoms with Crippen LogP contribution in [-0.4, -0.2) is 23.0 Å². The molecule has 1 aliphatic heterocycles. The molecule has 2 aromatic rings. The Balaban J connectivity index is 2.07. The van der Waals surface area contributed by atoms with Crippen molar-refractivity contribution in [2.45, 2.75) is 6.17 Å². The summed E-state index contributed by atoms with van der Waals surface area (Å²) in [6.45, 7) is 0. The molecule has 2 N–H and O–H groups in total. The van der Waals surface area contributed by atoms with Crippen molar-refractivity contribution in [3.63, 3.8) is 0 Å². The van der Waals surface area contributed by atoms with Crippen LogP contribution < -0.4 is 5.32 Å². The maximum Gasteiger partial charge on any atom is 0.257 e. The molecule has 0 saturated carbocycles. The molecule has 1 aliphatic rings. The van der Waals surface area contributed by atoms with E-state index in [1.807, 2.05) is 30.3 Å². The van der Waals surface area contributed by atoms with E-state index in [0.717, 1.165) is 5.69 Å². The number of aromatic hydroxyl groups is 1. The minimum Gasteiger partial charge on any atom is -0.508 e. The molecule has 1 atom stereocenters. The first-order chi connectivity index (χ1) is 9.18. The normalized spacial score (nSPS) is 17.8. The largest absolute Gasteiger partial charge is 0.508 e. The molecular formula is C15H14N2O2. The van der Waals surface area contributed by atoms with E-state index in [2.05, 4.69) is 5.32 Å². The number of amides is 1. The van der Waals surface area contributed by atoms with Gasteiger partial charge in [-0.1, -0.05) is 30.3 Å². The number of carbonyl (C=O) groups is 1. The predicted octanol–water partition coefficient (Wildman–Crippen LogP) is 2.59. The lowest BCUT2D eigenvalue weighted by Gasteiger charge is -2.35. The SMILES string of the molecule is CN1C(=O)c2ccccc2NC1c1ccccc1O. The molecule has 1 heterocycles. The van der Waals surface area contributed by atoms with Crippen LogP contribution >= 0.6 is 0 Å². The van der Waals surface area contributed by atoms with E-state index in [-0.39, 0.29) is 17.8 Å². The lowest BCUT2D eigenvalue weighted by atomic mass is 10.0. The summed E-state index contributed by atoms with van der Waals surface area (Å²) in [6, 6.07) is 14.4. The van der Waals surface area contributed by atoms with Gasteiger partial charge in [0.05, 0.1) is 5.56 Å². The molecule has 0 fully saturated rings. The number of hydrogen-bond donors (Lipinski definition) is 2. The van der Waals surface area contributed by atoms with Crippen LogP contribution in [0.5, 0.6) is 5.75 Å². The minimum atomic E-state index is -0.358. The summed E-state index contributed by atoms with van der Waals surface area (Å²) in [6.07, 6.45) is -0.358. The molecule has 4 nitrogen and oxygen atoms in total. The van der Waals surface area contributed by atoms with Crippen LogP contribution in [0.3, 0.4) is 0 Å². The van der Waals surface area contributed by atoms with E-state index in [4.69, 9.17) is 0 Å². The molecular weight excluding hydrogens is 240 g/mol. The van der Waals surface area contributed by atoms with Gasteiger partial charge < -0.3 is 15.3 Å². The van der Waals surface area contributed by atoms with E-state index < -0.39 is 0 Å². The number of benzene rings is 2. The smallest absolute Gasteiger partial charge is 0.257 e. The lowest BCUT2D eigenvalue weighted by molar-refractivity contribution is 0.0734. The van der Waals surface area contributed by atoms with Crippen LogP contribution in [0.1, 0.15) is 22.1 Å². The topological polar surface area (TPSA) is 52.6 Å². The highest BCUT2D eigenvalue weighted by molar-refractivity contribution is 6.01. The minimum absolute atomic E-state index is 0.0531. The van der Waals surface area contributed by atoms with Gasteiger partial charge in [-0.3, -0.25) is 4.79 Å². The van der Waals surface area contributed by atoms with Crippen molar-refractivity contribution >= 4 is 11.6 Å². The average Bonchev–Trinajstić information content (AvgIpc) is 2.44. The van der Waals surface area contributed by atoms with E-state index >= 15 is 0 Å². The first kappa shape index (κ1) is 11.6. The fourth-order valence-corrected chi connectivity index (χ4v) is 2.35. The molecule has 0 spiro atoms. The van der Waals surface area contributed by atoms with Crippen LogP contribution in [0.15, 0.2) is 48.5 Å². The number of nitrogens with zero attached hydrogens (tertiary/aromatic N) is 1. The first-order valence-corrected chi connectivity index (χ1v) is 6.09. The molecule has 0 saturated heterocycles. The Bertz CT molecular complexity index is 640. The zero-order valence-corrected chi connectivity index (χ0v) is 10.5. The second kappa shape index (κ2) is 4.31. The second-order valence-electron chi connectivity index (χ2n) is 4.57. The Labute approximate surface area is 111 Å². The molecule has 19 heavy (non-hydrogen) atoms. The average molecular weight is 254 g/mol. The van der Waals surface area contributed by atoms with Crippen LogP contribution in [0.2, 0.25) is 0 Å². The summed E-state index contributed by atoms with van der Waals surface area (Å²) >= 11 is 0. The van der Waals surface area contributed by atoms with Gasteiger partial charge in [0, 0.05) is 18.3 Å². The number of phenolic OH excluding ortho intramolecular Hbond substituents is 1. The molecule has 3 rings (SSSR count). The summed E-state index contributed by atoms with van der Waals surface area (Å²) in [5.74, 6) is 0.127. The number of hydrogen-bond acceptors (Lipinski definition) is 3. The monoisotopic (exact) mass is 254 g/mol. The summed E-state index contributed by atoms with van der Waals surface area (Å²) in [7, 11) is 1.72. The molecule has 4 heteroatoms. The maximum absolute atomic E-state index is 12.3. The summed E-state index contributed by atoms with van der Waals surface area (Å²) in [4.78, 5) is 13.9. The quantitative estimate of drug-likeness (QED) is 0.822. The van der Waals surface area contributed by atoms with Gasteiger partial charge >= 0.3 is 0 Å². The molecule has 1 amide bonds. The summed E-state index contributed by atoms with van der Waals surface area (Å²) in [5, 5.41) is 13.2. The standard InChI is InChI=1S/C15H14N2O2/c1-17-14(11-7-3-5-9-13(11)18)16-12-8-4-2-6-10(12)15(17)19/h2-9,14,16,18H,1H3. The van der Waals surface area contributed by atoms with Gasteiger partial charge in [-0.15, -0.1) is 0 Å². The van der Waals surface area contributed by atoms with Crippen LogP contribution in [-0.2, 0) is 0 Å². The lowest BCUT2D eigenvalue weighted by Crippen LogP contribution is -2.40. The Morgan fingerprint density at radius 3 is 2.58 bits per heavy atom. The first-order valence-electron chi connectivity index (χ1n) is 6.09. The molecule has 2 aromatic carbocycles. The highest BCUT2D eigenvalue weighted by Crippen LogP contribution is 2.34. The fraction of sp³-hybridized carbons (Fsp3) is 0.133. The Morgan fingerprint density at radius 1 is 1.11 bits per heavy atom. The third-order valence-electron chi connectivity index (χ3n) is 3.39. The number of para-hydroxylation sites is 2. The van der Waals surface area contributed by atoms with E-state index in [9.17, 15) is 9.90 Å². The van der Waals surface area contributed by atoms with Gasteiger partial charge in [0.1, 0.15) is 11.9 Å². The number of carbonyl (C=O) groups excluding carboxylic acids is 1. The third kappa shape index (κ3) is 1.81. The zero-order chi connectivity index (χ0) is 13.4. The van der Waals surface area contributed by atoms with Crippen molar-refractivity contribution in [1.29, 1.82) is 0 Å². The maximum atomic E-state index is 12.3. The Hall–Kier alpha value is -2.49. The van der Waals surface area contributed by atoms with Crippen molar-refractivity contribution in [3.8, 4) is 5.75 Å². The van der Waals surface area contributed by atoms with Crippen LogP contribution in [0, 0.1) is 0 Å². The van der Waals surface area contributed by atoms with Gasteiger partial charge in [0.15, 0.2) is 0 Å². The van der Waals surface area contributed by atoms with Crippen LogP contribution in [0.4, 0.5) is 5.69 Å². The highest BCUT2D eigenvalue weighted by Gasteiger charge is 2.31. The van der Waals surface area contributed by atoms with Crippen molar-refractivity contribution in [2.24, 2.45) is 0 Å². The number of fused-ring (bicyclic) bond motifs is 1. The van der Waals surface area contributed by atoms with E-state index in [0.29, 0.717) is 11.1 Å². The number of phenols is 1. The molecule has 0 radical (unpaired) electrons. The van der Waals surface area contributed by atoms with Gasteiger partial charge in [-0.2, -0.15) is 0 Å². The third-order valence-corrected chi connectivity index (χ3v) is 3.39. The van der Waals surface area contributed by atoms with Gasteiger partial charge in [-0.05, 0) is 18.2 Å². The van der Waals surface area contributed by atoms with Crippen molar-refractivity contribution < 1.29 is 9.90 Å². The highest BCUT2D eigenvalue weighted by atomic mass is 16.3. The van der Waals surface area contributed by atoms with Gasteiger partial charge in [0.25, 0.3) is 5.91 Å². The molecule has 1 unspecified atom stereocenters. The second-order valence-corrected chi connectivity index (χ2v) is 4.57. The molecule has 0 aliphatic carbocycles. The van der Waals surface area contributed by atoms with Gasteiger partial charge in [-0.25, -0.2) is 0 Å². The van der Waals surface area contributed by atoms with Gasteiger partial charge in [0.2, 0.25) is 0 Å². The molecule has 0 bridgehead atoms. The number of nitrogens with one attached hydrogen (secondary N) is 1. The van der Waals surface area contributed by atoms with E-state index in [1.54, 1.807) is 30.1 Å². The van der Waals surface area contributed by atoms with Crippen molar-refractivity contribution in [3.05, 3.63) is 59.7 Å². The van der Waals surface area contributed by atoms with Crippen molar-refractivity contribution in [2.75, 3.05) is 12.4 Å². The Kier molecular flexibility index (Phi) is 2.63. The number of rotatable bonds is 1. The Morgan fingerprint density at radius 2 is 1.79 bits per heavy atom. The molecule has 0 aromatic heterocycles. The van der Waals surface area contributed by atoms with E-state index in [1.165, 1.54) is 0 Å². The summed E-state index contributed by atoms with van der Waals surface area (Å²) < 4.78 is 0. The van der Waals surface area contributed by atoms with Crippen LogP contribution in [0.25, 0.3) is 0 Å². The predicted molar refractivity (Wildman–Crippen MR) is 73.0 cm³/mol.